The van der Waals surface area contributed by atoms with Crippen LogP contribution in [0.1, 0.15) is 26.2 Å². The smallest absolute Gasteiger partial charge is 0.255 e. The Balaban J connectivity index is 1.92. The maximum atomic E-state index is 12.6. The van der Waals surface area contributed by atoms with Gasteiger partial charge in [-0.2, -0.15) is 0 Å². The fourth-order valence-electron chi connectivity index (χ4n) is 1.92. The lowest BCUT2D eigenvalue weighted by Gasteiger charge is -2.10. The SMILES string of the molecule is C/C(=C\C1CC1(F)F)C1CCCN1. The van der Waals surface area contributed by atoms with Crippen LogP contribution >= 0.6 is 0 Å². The molecule has 1 N–H and O–H groups in total. The summed E-state index contributed by atoms with van der Waals surface area (Å²) < 4.78 is 25.2. The number of alkyl halides is 2. The lowest BCUT2D eigenvalue weighted by molar-refractivity contribution is 0.107. The highest BCUT2D eigenvalue weighted by molar-refractivity contribution is 5.18. The maximum Gasteiger partial charge on any atom is 0.255 e. The number of halogens is 2. The van der Waals surface area contributed by atoms with Crippen LogP contribution in [0.15, 0.2) is 11.6 Å². The Morgan fingerprint density at radius 3 is 2.69 bits per heavy atom. The molecule has 0 aromatic rings. The second-order valence-electron chi connectivity index (χ2n) is 4.13. The number of nitrogens with one attached hydrogen (secondary N) is 1. The summed E-state index contributed by atoms with van der Waals surface area (Å²) in [6.07, 6.45) is 4.07. The van der Waals surface area contributed by atoms with Crippen LogP contribution in [-0.2, 0) is 0 Å². The molecule has 0 aromatic carbocycles. The highest BCUT2D eigenvalue weighted by Crippen LogP contribution is 2.50. The number of hydrogen-bond acceptors (Lipinski definition) is 1. The molecule has 1 saturated carbocycles. The van der Waals surface area contributed by atoms with Gasteiger partial charge in [0, 0.05) is 18.4 Å². The largest absolute Gasteiger partial charge is 0.310 e. The van der Waals surface area contributed by atoms with Crippen molar-refractivity contribution < 1.29 is 8.78 Å². The van der Waals surface area contributed by atoms with Gasteiger partial charge in [-0.1, -0.05) is 11.6 Å². The molecule has 0 aromatic heterocycles. The summed E-state index contributed by atoms with van der Waals surface area (Å²) in [4.78, 5) is 0. The maximum absolute atomic E-state index is 12.6. The monoisotopic (exact) mass is 187 g/mol. The van der Waals surface area contributed by atoms with Gasteiger partial charge in [0.1, 0.15) is 0 Å². The minimum atomic E-state index is -2.40. The Morgan fingerprint density at radius 2 is 2.23 bits per heavy atom. The zero-order chi connectivity index (χ0) is 9.47. The lowest BCUT2D eigenvalue weighted by Crippen LogP contribution is -2.22. The van der Waals surface area contributed by atoms with E-state index in [-0.39, 0.29) is 6.42 Å². The first-order chi connectivity index (χ1) is 6.09. The summed E-state index contributed by atoms with van der Waals surface area (Å²) >= 11 is 0. The molecule has 3 heteroatoms. The normalized spacial score (nSPS) is 37.9. The van der Waals surface area contributed by atoms with E-state index in [1.165, 1.54) is 0 Å². The zero-order valence-corrected chi connectivity index (χ0v) is 7.82. The van der Waals surface area contributed by atoms with Crippen molar-refractivity contribution in [3.05, 3.63) is 11.6 Å². The van der Waals surface area contributed by atoms with Gasteiger partial charge >= 0.3 is 0 Å². The number of allylic oxidation sites excluding steroid dienone is 1. The van der Waals surface area contributed by atoms with E-state index in [0.717, 1.165) is 25.0 Å². The molecular formula is C10H15F2N. The van der Waals surface area contributed by atoms with Crippen LogP contribution in [0.25, 0.3) is 0 Å². The molecule has 0 radical (unpaired) electrons. The van der Waals surface area contributed by atoms with Crippen LogP contribution in [0.2, 0.25) is 0 Å². The molecule has 2 atom stereocenters. The van der Waals surface area contributed by atoms with E-state index in [1.807, 2.05) is 6.92 Å². The van der Waals surface area contributed by atoms with Gasteiger partial charge in [0.15, 0.2) is 0 Å². The summed E-state index contributed by atoms with van der Waals surface area (Å²) in [5.41, 5.74) is 1.10. The molecule has 2 fully saturated rings. The van der Waals surface area contributed by atoms with E-state index in [4.69, 9.17) is 0 Å². The molecule has 13 heavy (non-hydrogen) atoms. The van der Waals surface area contributed by atoms with Crippen molar-refractivity contribution in [1.82, 2.24) is 5.32 Å². The molecule has 74 valence electrons. The summed E-state index contributed by atoms with van der Waals surface area (Å²) in [5, 5.41) is 3.30. The van der Waals surface area contributed by atoms with Gasteiger partial charge in [-0.3, -0.25) is 0 Å². The first kappa shape index (κ1) is 9.13. The first-order valence-corrected chi connectivity index (χ1v) is 4.89. The second-order valence-corrected chi connectivity index (χ2v) is 4.13. The molecular weight excluding hydrogens is 172 g/mol. The summed E-state index contributed by atoms with van der Waals surface area (Å²) in [6.45, 7) is 2.98. The standard InChI is InChI=1S/C10H15F2N/c1-7(9-3-2-4-13-9)5-8-6-10(8,11)12/h5,8-9,13H,2-4,6H2,1H3/b7-5+. The fraction of sp³-hybridized carbons (Fsp3) is 0.800. The van der Waals surface area contributed by atoms with Crippen molar-refractivity contribution >= 4 is 0 Å². The van der Waals surface area contributed by atoms with E-state index in [9.17, 15) is 8.78 Å². The first-order valence-electron chi connectivity index (χ1n) is 4.89. The molecule has 0 spiro atoms. The van der Waals surface area contributed by atoms with E-state index < -0.39 is 11.8 Å². The molecule has 1 nitrogen and oxygen atoms in total. The molecule has 2 aliphatic rings. The van der Waals surface area contributed by atoms with E-state index in [0.29, 0.717) is 6.04 Å². The Bertz CT molecular complexity index is 229. The van der Waals surface area contributed by atoms with E-state index in [1.54, 1.807) is 6.08 Å². The predicted octanol–water partition coefficient (Wildman–Crippen LogP) is 2.34. The minimum absolute atomic E-state index is 0.0526. The summed E-state index contributed by atoms with van der Waals surface area (Å²) in [6, 6.07) is 0.358. The molecule has 2 rings (SSSR count). The number of hydrogen-bond donors (Lipinski definition) is 1. The van der Waals surface area contributed by atoms with Gasteiger partial charge in [-0.15, -0.1) is 0 Å². The molecule has 1 aliphatic carbocycles. The van der Waals surface area contributed by atoms with Gasteiger partial charge in [-0.25, -0.2) is 8.78 Å². The van der Waals surface area contributed by atoms with Crippen LogP contribution in [0.5, 0.6) is 0 Å². The average Bonchev–Trinajstić information content (AvgIpc) is 2.58. The van der Waals surface area contributed by atoms with E-state index >= 15 is 0 Å². The van der Waals surface area contributed by atoms with Gasteiger partial charge < -0.3 is 5.32 Å². The van der Waals surface area contributed by atoms with Gasteiger partial charge in [0.05, 0.1) is 0 Å². The van der Waals surface area contributed by atoms with Crippen molar-refractivity contribution in [1.29, 1.82) is 0 Å². The fourth-order valence-corrected chi connectivity index (χ4v) is 1.92. The molecule has 2 unspecified atom stereocenters. The van der Waals surface area contributed by atoms with Crippen molar-refractivity contribution in [2.75, 3.05) is 6.54 Å². The zero-order valence-electron chi connectivity index (χ0n) is 7.82. The van der Waals surface area contributed by atoms with Crippen molar-refractivity contribution in [2.24, 2.45) is 5.92 Å². The summed E-state index contributed by atoms with van der Waals surface area (Å²) in [7, 11) is 0. The van der Waals surface area contributed by atoms with Crippen LogP contribution in [0.3, 0.4) is 0 Å². The highest BCUT2D eigenvalue weighted by atomic mass is 19.3. The quantitative estimate of drug-likeness (QED) is 0.654. The second kappa shape index (κ2) is 3.05. The topological polar surface area (TPSA) is 12.0 Å². The minimum Gasteiger partial charge on any atom is -0.310 e. The molecule has 1 aliphatic heterocycles. The van der Waals surface area contributed by atoms with Gasteiger partial charge in [0.2, 0.25) is 0 Å². The highest BCUT2D eigenvalue weighted by Gasteiger charge is 2.55. The van der Waals surface area contributed by atoms with Gasteiger partial charge in [-0.05, 0) is 26.3 Å². The van der Waals surface area contributed by atoms with Gasteiger partial charge in [0.25, 0.3) is 5.92 Å². The molecule has 0 bridgehead atoms. The van der Waals surface area contributed by atoms with Crippen molar-refractivity contribution in [3.8, 4) is 0 Å². The average molecular weight is 187 g/mol. The van der Waals surface area contributed by atoms with E-state index in [2.05, 4.69) is 5.32 Å². The van der Waals surface area contributed by atoms with Crippen LogP contribution in [0, 0.1) is 5.92 Å². The third-order valence-corrected chi connectivity index (χ3v) is 2.95. The third-order valence-electron chi connectivity index (χ3n) is 2.95. The van der Waals surface area contributed by atoms with Crippen LogP contribution in [-0.4, -0.2) is 18.5 Å². The van der Waals surface area contributed by atoms with Crippen LogP contribution in [0.4, 0.5) is 8.78 Å². The van der Waals surface area contributed by atoms with Crippen molar-refractivity contribution in [3.63, 3.8) is 0 Å². The number of rotatable bonds is 2. The molecule has 1 saturated heterocycles. The Morgan fingerprint density at radius 1 is 1.54 bits per heavy atom. The molecule has 1 heterocycles. The Labute approximate surface area is 77.2 Å². The Hall–Kier alpha value is -0.440. The third kappa shape index (κ3) is 1.90. The summed E-state index contributed by atoms with van der Waals surface area (Å²) in [5.74, 6) is -2.88. The van der Waals surface area contributed by atoms with Crippen LogP contribution < -0.4 is 5.32 Å². The van der Waals surface area contributed by atoms with Crippen molar-refractivity contribution in [2.45, 2.75) is 38.2 Å². The molecule has 0 amide bonds. The Kier molecular flexibility index (Phi) is 2.14. The predicted molar refractivity (Wildman–Crippen MR) is 47.8 cm³/mol. The lowest BCUT2D eigenvalue weighted by atomic mass is 10.1.